The zero-order valence-corrected chi connectivity index (χ0v) is 16.7. The third-order valence-electron chi connectivity index (χ3n) is 5.27. The van der Waals surface area contributed by atoms with Crippen molar-refractivity contribution in [3.63, 3.8) is 0 Å². The fraction of sp³-hybridized carbons (Fsp3) is 0.348. The third-order valence-corrected chi connectivity index (χ3v) is 5.27. The van der Waals surface area contributed by atoms with E-state index in [0.717, 1.165) is 17.5 Å². The van der Waals surface area contributed by atoms with Gasteiger partial charge in [-0.25, -0.2) is 0 Å². The van der Waals surface area contributed by atoms with Gasteiger partial charge < -0.3 is 9.80 Å². The molecule has 5 nitrogen and oxygen atoms in total. The van der Waals surface area contributed by atoms with E-state index in [9.17, 15) is 14.4 Å². The molecule has 0 spiro atoms. The number of ketones is 1. The van der Waals surface area contributed by atoms with Crippen molar-refractivity contribution in [2.24, 2.45) is 0 Å². The number of nitrogens with zero attached hydrogens (tertiary/aromatic N) is 2. The minimum atomic E-state index is -0.153. The van der Waals surface area contributed by atoms with Gasteiger partial charge in [0.05, 0.1) is 5.56 Å². The molecule has 0 aliphatic carbocycles. The molecule has 2 amide bonds. The number of aryl methyl sites for hydroxylation is 2. The average Bonchev–Trinajstić information content (AvgIpc) is 2.95. The Morgan fingerprint density at radius 3 is 2.14 bits per heavy atom. The fourth-order valence-corrected chi connectivity index (χ4v) is 3.60. The zero-order valence-electron chi connectivity index (χ0n) is 16.7. The highest BCUT2D eigenvalue weighted by Gasteiger charge is 2.25. The summed E-state index contributed by atoms with van der Waals surface area (Å²) in [5.41, 5.74) is 3.37. The zero-order chi connectivity index (χ0) is 20.3. The highest BCUT2D eigenvalue weighted by Crippen LogP contribution is 2.20. The molecule has 1 heterocycles. The summed E-state index contributed by atoms with van der Waals surface area (Å²) in [4.78, 5) is 41.6. The smallest absolute Gasteiger partial charge is 0.254 e. The molecule has 1 fully saturated rings. The maximum absolute atomic E-state index is 13.2. The normalized spacial score (nSPS) is 14.5. The first kappa shape index (κ1) is 19.8. The van der Waals surface area contributed by atoms with Crippen LogP contribution < -0.4 is 0 Å². The quantitative estimate of drug-likeness (QED) is 0.771. The average molecular weight is 378 g/mol. The number of carbonyl (C=O) groups is 3. The Hall–Kier alpha value is -2.95. The molecule has 0 atom stereocenters. The lowest BCUT2D eigenvalue weighted by Gasteiger charge is -2.22. The largest absolute Gasteiger partial charge is 0.341 e. The molecule has 0 N–H and O–H groups in total. The second-order valence-electron chi connectivity index (χ2n) is 7.34. The number of benzene rings is 2. The van der Waals surface area contributed by atoms with E-state index in [2.05, 4.69) is 0 Å². The van der Waals surface area contributed by atoms with E-state index in [0.29, 0.717) is 42.9 Å². The van der Waals surface area contributed by atoms with Crippen molar-refractivity contribution < 1.29 is 14.4 Å². The highest BCUT2D eigenvalue weighted by molar-refractivity contribution is 6.16. The molecule has 1 aliphatic rings. The van der Waals surface area contributed by atoms with Gasteiger partial charge in [-0.3, -0.25) is 14.4 Å². The molecular formula is C23H26N2O3. The Bertz CT molecular complexity index is 920. The Labute approximate surface area is 166 Å². The molecule has 5 heteroatoms. The van der Waals surface area contributed by atoms with Crippen LogP contribution >= 0.6 is 0 Å². The second-order valence-corrected chi connectivity index (χ2v) is 7.34. The molecule has 2 aromatic carbocycles. The van der Waals surface area contributed by atoms with Gasteiger partial charge >= 0.3 is 0 Å². The first-order chi connectivity index (χ1) is 13.4. The third kappa shape index (κ3) is 4.14. The topological polar surface area (TPSA) is 57.7 Å². The summed E-state index contributed by atoms with van der Waals surface area (Å²) in [6.07, 6.45) is 0.735. The van der Waals surface area contributed by atoms with Gasteiger partial charge in [-0.2, -0.15) is 0 Å². The minimum Gasteiger partial charge on any atom is -0.341 e. The lowest BCUT2D eigenvalue weighted by molar-refractivity contribution is -0.128. The Balaban J connectivity index is 1.89. The minimum absolute atomic E-state index is 0.0276. The fourth-order valence-electron chi connectivity index (χ4n) is 3.60. The van der Waals surface area contributed by atoms with Gasteiger partial charge in [-0.1, -0.05) is 35.9 Å². The predicted octanol–water partition coefficient (Wildman–Crippen LogP) is 3.23. The van der Waals surface area contributed by atoms with Crippen molar-refractivity contribution in [1.82, 2.24) is 9.80 Å². The van der Waals surface area contributed by atoms with E-state index < -0.39 is 0 Å². The van der Waals surface area contributed by atoms with Crippen LogP contribution in [0.15, 0.2) is 42.5 Å². The van der Waals surface area contributed by atoms with Crippen LogP contribution in [0.1, 0.15) is 50.8 Å². The van der Waals surface area contributed by atoms with Crippen LogP contribution in [0.25, 0.3) is 0 Å². The van der Waals surface area contributed by atoms with Crippen LogP contribution in [0.4, 0.5) is 0 Å². The van der Waals surface area contributed by atoms with E-state index in [1.54, 1.807) is 41.0 Å². The van der Waals surface area contributed by atoms with E-state index in [1.165, 1.54) is 0 Å². The first-order valence-corrected chi connectivity index (χ1v) is 9.64. The van der Waals surface area contributed by atoms with Crippen LogP contribution in [-0.4, -0.2) is 53.6 Å². The number of hydrogen-bond acceptors (Lipinski definition) is 3. The molecule has 0 aromatic heterocycles. The Morgan fingerprint density at radius 1 is 0.786 bits per heavy atom. The van der Waals surface area contributed by atoms with Gasteiger partial charge in [0.1, 0.15) is 0 Å². The van der Waals surface area contributed by atoms with E-state index in [1.807, 2.05) is 32.0 Å². The lowest BCUT2D eigenvalue weighted by atomic mass is 9.94. The number of hydrogen-bond donors (Lipinski definition) is 0. The molecule has 28 heavy (non-hydrogen) atoms. The van der Waals surface area contributed by atoms with Gasteiger partial charge in [-0.15, -0.1) is 0 Å². The summed E-state index contributed by atoms with van der Waals surface area (Å²) in [7, 11) is 0. The molecule has 3 rings (SSSR count). The predicted molar refractivity (Wildman–Crippen MR) is 109 cm³/mol. The van der Waals surface area contributed by atoms with Gasteiger partial charge in [0.2, 0.25) is 5.91 Å². The number of rotatable bonds is 3. The lowest BCUT2D eigenvalue weighted by Crippen LogP contribution is -2.37. The Kier molecular flexibility index (Phi) is 5.93. The van der Waals surface area contributed by atoms with Crippen molar-refractivity contribution in [1.29, 1.82) is 0 Å². The molecule has 0 unspecified atom stereocenters. The molecule has 0 radical (unpaired) electrons. The number of amides is 2. The maximum Gasteiger partial charge on any atom is 0.254 e. The highest BCUT2D eigenvalue weighted by atomic mass is 16.2. The monoisotopic (exact) mass is 378 g/mol. The van der Waals surface area contributed by atoms with Gasteiger partial charge in [0, 0.05) is 44.2 Å². The van der Waals surface area contributed by atoms with Crippen LogP contribution in [0.5, 0.6) is 0 Å². The van der Waals surface area contributed by atoms with Gasteiger partial charge in [-0.05, 0) is 38.0 Å². The number of carbonyl (C=O) groups excluding carboxylic acids is 3. The standard InChI is InChI=1S/C23H26N2O3/c1-16-9-10-17(2)21(15-16)22(27)19-7-4-5-8-20(19)23(28)25-12-6-11-24(13-14-25)18(3)26/h4-5,7-10,15H,6,11-14H2,1-3H3. The molecule has 2 aromatic rings. The van der Waals surface area contributed by atoms with Gasteiger partial charge in [0.15, 0.2) is 5.78 Å². The van der Waals surface area contributed by atoms with Crippen molar-refractivity contribution in [2.75, 3.05) is 26.2 Å². The molecule has 146 valence electrons. The summed E-state index contributed by atoms with van der Waals surface area (Å²) in [5, 5.41) is 0. The maximum atomic E-state index is 13.2. The SMILES string of the molecule is CC(=O)N1CCCN(C(=O)c2ccccc2C(=O)c2cc(C)ccc2C)CC1. The van der Waals surface area contributed by atoms with Crippen molar-refractivity contribution in [3.8, 4) is 0 Å². The molecule has 1 saturated heterocycles. The van der Waals surface area contributed by atoms with E-state index in [4.69, 9.17) is 0 Å². The van der Waals surface area contributed by atoms with E-state index in [-0.39, 0.29) is 17.6 Å². The van der Waals surface area contributed by atoms with E-state index >= 15 is 0 Å². The van der Waals surface area contributed by atoms with Gasteiger partial charge in [0.25, 0.3) is 5.91 Å². The van der Waals surface area contributed by atoms with Crippen LogP contribution in [-0.2, 0) is 4.79 Å². The first-order valence-electron chi connectivity index (χ1n) is 9.64. The summed E-state index contributed by atoms with van der Waals surface area (Å²) in [5.74, 6) is -0.259. The van der Waals surface area contributed by atoms with Crippen LogP contribution in [0.2, 0.25) is 0 Å². The molecule has 1 aliphatic heterocycles. The molecule has 0 saturated carbocycles. The Morgan fingerprint density at radius 2 is 1.43 bits per heavy atom. The van der Waals surface area contributed by atoms with Crippen LogP contribution in [0.3, 0.4) is 0 Å². The molecule has 0 bridgehead atoms. The summed E-state index contributed by atoms with van der Waals surface area (Å²) < 4.78 is 0. The van der Waals surface area contributed by atoms with Crippen molar-refractivity contribution in [2.45, 2.75) is 27.2 Å². The van der Waals surface area contributed by atoms with Crippen molar-refractivity contribution >= 4 is 17.6 Å². The summed E-state index contributed by atoms with van der Waals surface area (Å²) >= 11 is 0. The summed E-state index contributed by atoms with van der Waals surface area (Å²) in [6, 6.07) is 12.8. The molecular weight excluding hydrogens is 352 g/mol. The summed E-state index contributed by atoms with van der Waals surface area (Å²) in [6.45, 7) is 7.64. The van der Waals surface area contributed by atoms with Crippen LogP contribution in [0, 0.1) is 13.8 Å². The second kappa shape index (κ2) is 8.38. The van der Waals surface area contributed by atoms with Crippen molar-refractivity contribution in [3.05, 3.63) is 70.3 Å².